The van der Waals surface area contributed by atoms with Gasteiger partial charge in [-0.15, -0.1) is 0 Å². The van der Waals surface area contributed by atoms with E-state index in [1.807, 2.05) is 30.3 Å². The number of rotatable bonds is 2. The van der Waals surface area contributed by atoms with Crippen molar-refractivity contribution in [2.24, 2.45) is 12.5 Å². The van der Waals surface area contributed by atoms with E-state index in [1.165, 1.54) is 15.7 Å². The topological polar surface area (TPSA) is 48.9 Å². The van der Waals surface area contributed by atoms with E-state index in [0.717, 1.165) is 19.3 Å². The summed E-state index contributed by atoms with van der Waals surface area (Å²) in [5, 5.41) is 0. The number of para-hydroxylation sites is 1. The van der Waals surface area contributed by atoms with Gasteiger partial charge in [0.15, 0.2) is 0 Å². The van der Waals surface area contributed by atoms with Gasteiger partial charge in [0.1, 0.15) is 0 Å². The summed E-state index contributed by atoms with van der Waals surface area (Å²) in [7, 11) is 1.73. The fourth-order valence-corrected chi connectivity index (χ4v) is 5.98. The zero-order valence-corrected chi connectivity index (χ0v) is 15.2. The summed E-state index contributed by atoms with van der Waals surface area (Å²) in [6, 6.07) is 18.0. The number of nitrogens with zero attached hydrogens (tertiary/aromatic N) is 3. The van der Waals surface area contributed by atoms with Crippen molar-refractivity contribution in [1.29, 1.82) is 0 Å². The van der Waals surface area contributed by atoms with E-state index < -0.39 is 0 Å². The first kappa shape index (κ1) is 15.3. The predicted octanol–water partition coefficient (Wildman–Crippen LogP) is 2.94. The van der Waals surface area contributed by atoms with Gasteiger partial charge in [-0.1, -0.05) is 42.5 Å². The van der Waals surface area contributed by atoms with Gasteiger partial charge in [0.2, 0.25) is 0 Å². The Morgan fingerprint density at radius 2 is 1.56 bits per heavy atom. The van der Waals surface area contributed by atoms with Gasteiger partial charge < -0.3 is 0 Å². The molecule has 136 valence electrons. The number of aromatic nitrogens is 3. The second-order valence-electron chi connectivity index (χ2n) is 8.31. The lowest BCUT2D eigenvalue weighted by molar-refractivity contribution is 0.245. The van der Waals surface area contributed by atoms with E-state index in [0.29, 0.717) is 17.5 Å². The van der Waals surface area contributed by atoms with Crippen molar-refractivity contribution in [3.05, 3.63) is 86.7 Å². The molecule has 2 fully saturated rings. The molecule has 1 spiro atoms. The van der Waals surface area contributed by atoms with Crippen LogP contribution in [0.1, 0.15) is 48.3 Å². The van der Waals surface area contributed by atoms with Crippen LogP contribution >= 0.6 is 0 Å². The van der Waals surface area contributed by atoms with Crippen LogP contribution in [0.5, 0.6) is 0 Å². The standard InChI is InChI=1S/C22H21N3O2/c1-23-20(26)24(14-7-3-2-4-8-14)21(27)25(23)19-17-13-18(22(19)11-12-22)16-10-6-5-9-15(16)17/h2-10,17-19H,11-13H2,1H3/t17-,18-,19+/m1/s1. The first-order valence-corrected chi connectivity index (χ1v) is 9.68. The molecule has 2 saturated carbocycles. The maximum Gasteiger partial charge on any atom is 0.352 e. The fourth-order valence-electron chi connectivity index (χ4n) is 5.98. The van der Waals surface area contributed by atoms with Crippen molar-refractivity contribution in [2.45, 2.75) is 37.1 Å². The Balaban J connectivity index is 1.58. The van der Waals surface area contributed by atoms with E-state index in [-0.39, 0.29) is 22.8 Å². The summed E-state index contributed by atoms with van der Waals surface area (Å²) in [6.45, 7) is 0. The van der Waals surface area contributed by atoms with Crippen LogP contribution in [-0.2, 0) is 7.05 Å². The fraction of sp³-hybridized carbons (Fsp3) is 0.364. The predicted molar refractivity (Wildman–Crippen MR) is 103 cm³/mol. The minimum atomic E-state index is -0.266. The number of hydrogen-bond donors (Lipinski definition) is 0. The monoisotopic (exact) mass is 359 g/mol. The largest absolute Gasteiger partial charge is 0.352 e. The lowest BCUT2D eigenvalue weighted by Gasteiger charge is -2.33. The molecule has 2 bridgehead atoms. The smallest absolute Gasteiger partial charge is 0.246 e. The minimum absolute atomic E-state index is 0.0764. The van der Waals surface area contributed by atoms with Crippen LogP contribution in [0.25, 0.3) is 5.69 Å². The zero-order valence-electron chi connectivity index (χ0n) is 15.2. The molecule has 0 N–H and O–H groups in total. The van der Waals surface area contributed by atoms with Crippen molar-refractivity contribution in [2.75, 3.05) is 0 Å². The van der Waals surface area contributed by atoms with E-state index in [9.17, 15) is 9.59 Å². The lowest BCUT2D eigenvalue weighted by atomic mass is 9.77. The molecule has 5 heteroatoms. The number of benzene rings is 2. The Morgan fingerprint density at radius 3 is 2.26 bits per heavy atom. The molecule has 3 aromatic rings. The minimum Gasteiger partial charge on any atom is -0.246 e. The maximum absolute atomic E-state index is 13.4. The number of hydrogen-bond acceptors (Lipinski definition) is 2. The van der Waals surface area contributed by atoms with Crippen LogP contribution in [0.4, 0.5) is 0 Å². The van der Waals surface area contributed by atoms with Crippen molar-refractivity contribution in [3.8, 4) is 5.69 Å². The van der Waals surface area contributed by atoms with Crippen LogP contribution < -0.4 is 11.4 Å². The van der Waals surface area contributed by atoms with E-state index >= 15 is 0 Å². The van der Waals surface area contributed by atoms with Crippen molar-refractivity contribution in [3.63, 3.8) is 0 Å². The zero-order chi connectivity index (χ0) is 18.3. The summed E-state index contributed by atoms with van der Waals surface area (Å²) in [4.78, 5) is 26.4. The summed E-state index contributed by atoms with van der Waals surface area (Å²) in [6.07, 6.45) is 3.38. The van der Waals surface area contributed by atoms with Crippen LogP contribution in [-0.4, -0.2) is 13.9 Å². The van der Waals surface area contributed by atoms with Gasteiger partial charge in [0.25, 0.3) is 0 Å². The van der Waals surface area contributed by atoms with E-state index in [4.69, 9.17) is 0 Å². The highest BCUT2D eigenvalue weighted by Crippen LogP contribution is 2.76. The summed E-state index contributed by atoms with van der Waals surface area (Å²) in [5.74, 6) is 0.842. The third kappa shape index (κ3) is 1.75. The molecule has 3 atom stereocenters. The van der Waals surface area contributed by atoms with Gasteiger partial charge in [-0.05, 0) is 48.4 Å². The Hall–Kier alpha value is -2.82. The quantitative estimate of drug-likeness (QED) is 0.706. The molecule has 0 saturated heterocycles. The highest BCUT2D eigenvalue weighted by Gasteiger charge is 2.67. The lowest BCUT2D eigenvalue weighted by Crippen LogP contribution is -2.37. The number of fused-ring (bicyclic) bond motifs is 6. The van der Waals surface area contributed by atoms with Gasteiger partial charge in [-0.25, -0.2) is 23.5 Å². The molecule has 5 nitrogen and oxygen atoms in total. The highest BCUT2D eigenvalue weighted by atomic mass is 16.2. The summed E-state index contributed by atoms with van der Waals surface area (Å²) >= 11 is 0. The maximum atomic E-state index is 13.4. The SMILES string of the molecule is Cn1c(=O)n(-c2ccccc2)c(=O)n1[C@H]1[C@@H]2C[C@H](c3ccccc32)C12CC2. The Bertz CT molecular complexity index is 1180. The van der Waals surface area contributed by atoms with E-state index in [1.54, 1.807) is 16.4 Å². The van der Waals surface area contributed by atoms with Crippen LogP contribution in [0, 0.1) is 5.41 Å². The first-order valence-electron chi connectivity index (χ1n) is 9.68. The van der Waals surface area contributed by atoms with Crippen molar-refractivity contribution in [1.82, 2.24) is 13.9 Å². The molecular weight excluding hydrogens is 338 g/mol. The van der Waals surface area contributed by atoms with E-state index in [2.05, 4.69) is 24.3 Å². The van der Waals surface area contributed by atoms with Crippen molar-refractivity contribution >= 4 is 0 Å². The third-order valence-electron chi connectivity index (χ3n) is 7.21. The van der Waals surface area contributed by atoms with Crippen LogP contribution in [0.2, 0.25) is 0 Å². The van der Waals surface area contributed by atoms with Gasteiger partial charge in [0.05, 0.1) is 11.7 Å². The van der Waals surface area contributed by atoms with Gasteiger partial charge in [0, 0.05) is 18.4 Å². The van der Waals surface area contributed by atoms with Gasteiger partial charge in [-0.3, -0.25) is 0 Å². The molecule has 2 aromatic carbocycles. The Kier molecular flexibility index (Phi) is 2.78. The molecule has 0 unspecified atom stereocenters. The van der Waals surface area contributed by atoms with Crippen LogP contribution in [0.3, 0.4) is 0 Å². The molecule has 0 aliphatic heterocycles. The summed E-state index contributed by atoms with van der Waals surface area (Å²) < 4.78 is 4.63. The highest BCUT2D eigenvalue weighted by molar-refractivity contribution is 5.47. The Labute approximate surface area is 156 Å². The second-order valence-corrected chi connectivity index (χ2v) is 8.31. The van der Waals surface area contributed by atoms with Gasteiger partial charge in [-0.2, -0.15) is 0 Å². The average Bonchev–Trinajstić information content (AvgIpc) is 3.22. The Morgan fingerprint density at radius 1 is 0.889 bits per heavy atom. The van der Waals surface area contributed by atoms with Crippen LogP contribution in [0.15, 0.2) is 64.2 Å². The second kappa shape index (κ2) is 4.91. The molecule has 1 heterocycles. The molecule has 6 rings (SSSR count). The molecule has 0 amide bonds. The first-order chi connectivity index (χ1) is 13.1. The molecule has 27 heavy (non-hydrogen) atoms. The average molecular weight is 359 g/mol. The molecule has 0 radical (unpaired) electrons. The molecule has 3 aliphatic carbocycles. The van der Waals surface area contributed by atoms with Crippen molar-refractivity contribution < 1.29 is 0 Å². The normalized spacial score (nSPS) is 26.5. The molecular formula is C22H21N3O2. The van der Waals surface area contributed by atoms with Gasteiger partial charge >= 0.3 is 11.4 Å². The molecule has 3 aliphatic rings. The molecule has 1 aromatic heterocycles. The third-order valence-corrected chi connectivity index (χ3v) is 7.21. The summed E-state index contributed by atoms with van der Waals surface area (Å²) in [5.41, 5.74) is 3.15.